The Morgan fingerprint density at radius 1 is 1.12 bits per heavy atom. The first kappa shape index (κ1) is 18.1. The minimum absolute atomic E-state index is 0.322. The molecule has 0 aliphatic heterocycles. The highest BCUT2D eigenvalue weighted by Gasteiger charge is 2.35. The summed E-state index contributed by atoms with van der Waals surface area (Å²) in [4.78, 5) is 35.0. The Balaban J connectivity index is 1.79. The number of halogens is 1. The number of rotatable bonds is 5. The quantitative estimate of drug-likeness (QED) is 0.699. The molecule has 2 rings (SSSR count). The van der Waals surface area contributed by atoms with Crippen LogP contribution in [0, 0.1) is 11.8 Å². The molecule has 0 radical (unpaired) electrons. The highest BCUT2D eigenvalue weighted by atomic mass is 35.5. The highest BCUT2D eigenvalue weighted by molar-refractivity contribution is 6.32. The van der Waals surface area contributed by atoms with Gasteiger partial charge in [-0.15, -0.1) is 0 Å². The van der Waals surface area contributed by atoms with Crippen LogP contribution in [0.5, 0.6) is 5.75 Å². The average molecular weight is 355 g/mol. The molecule has 1 aliphatic carbocycles. The molecule has 130 valence electrons. The first-order valence-corrected chi connectivity index (χ1v) is 8.05. The van der Waals surface area contributed by atoms with Crippen LogP contribution < -0.4 is 15.6 Å². The zero-order chi connectivity index (χ0) is 17.5. The summed E-state index contributed by atoms with van der Waals surface area (Å²) < 4.78 is 5.25. The van der Waals surface area contributed by atoms with Gasteiger partial charge < -0.3 is 9.84 Å². The number of hydrogen-bond acceptors (Lipinski definition) is 4. The van der Waals surface area contributed by atoms with Crippen LogP contribution in [0.25, 0.3) is 0 Å². The number of carbonyl (C=O) groups excluding carboxylic acids is 2. The zero-order valence-electron chi connectivity index (χ0n) is 13.0. The number of hydrazine groups is 1. The molecule has 8 heteroatoms. The van der Waals surface area contributed by atoms with Crippen molar-refractivity contribution in [3.8, 4) is 5.75 Å². The SMILES string of the molecule is O=C(COc1ccccc1Cl)NNC(=O)C1CCCCC1C(=O)O. The lowest BCUT2D eigenvalue weighted by Crippen LogP contribution is -2.49. The van der Waals surface area contributed by atoms with Crippen molar-refractivity contribution < 1.29 is 24.2 Å². The van der Waals surface area contributed by atoms with Crippen LogP contribution in [-0.2, 0) is 14.4 Å². The Morgan fingerprint density at radius 2 is 1.79 bits per heavy atom. The number of ether oxygens (including phenoxy) is 1. The summed E-state index contributed by atoms with van der Waals surface area (Å²) in [7, 11) is 0. The summed E-state index contributed by atoms with van der Waals surface area (Å²) in [6, 6.07) is 6.70. The van der Waals surface area contributed by atoms with Crippen LogP contribution in [0.3, 0.4) is 0 Å². The average Bonchev–Trinajstić information content (AvgIpc) is 2.59. The van der Waals surface area contributed by atoms with E-state index in [1.165, 1.54) is 0 Å². The molecule has 24 heavy (non-hydrogen) atoms. The first-order chi connectivity index (χ1) is 11.5. The molecule has 2 atom stereocenters. The van der Waals surface area contributed by atoms with Crippen molar-refractivity contribution in [2.45, 2.75) is 25.7 Å². The van der Waals surface area contributed by atoms with Gasteiger partial charge in [-0.3, -0.25) is 25.2 Å². The fraction of sp³-hybridized carbons (Fsp3) is 0.438. The van der Waals surface area contributed by atoms with Crippen LogP contribution >= 0.6 is 11.6 Å². The molecule has 2 unspecified atom stereocenters. The fourth-order valence-corrected chi connectivity index (χ4v) is 2.90. The van der Waals surface area contributed by atoms with Gasteiger partial charge in [0.25, 0.3) is 5.91 Å². The molecule has 2 amide bonds. The van der Waals surface area contributed by atoms with Crippen molar-refractivity contribution in [2.24, 2.45) is 11.8 Å². The predicted molar refractivity (Wildman–Crippen MR) is 86.3 cm³/mol. The number of benzene rings is 1. The number of carboxylic acids is 1. The van der Waals surface area contributed by atoms with Gasteiger partial charge in [0.1, 0.15) is 5.75 Å². The first-order valence-electron chi connectivity index (χ1n) is 7.68. The Hall–Kier alpha value is -2.28. The monoisotopic (exact) mass is 354 g/mol. The van der Waals surface area contributed by atoms with Crippen LogP contribution in [0.2, 0.25) is 5.02 Å². The van der Waals surface area contributed by atoms with Crippen LogP contribution in [0.1, 0.15) is 25.7 Å². The topological polar surface area (TPSA) is 105 Å². The number of carbonyl (C=O) groups is 3. The van der Waals surface area contributed by atoms with Crippen molar-refractivity contribution in [3.63, 3.8) is 0 Å². The molecule has 1 aromatic carbocycles. The van der Waals surface area contributed by atoms with E-state index < -0.39 is 29.6 Å². The van der Waals surface area contributed by atoms with E-state index in [1.807, 2.05) is 0 Å². The van der Waals surface area contributed by atoms with E-state index in [0.717, 1.165) is 12.8 Å². The van der Waals surface area contributed by atoms with Gasteiger partial charge in [0.15, 0.2) is 6.61 Å². The highest BCUT2D eigenvalue weighted by Crippen LogP contribution is 2.30. The molecule has 3 N–H and O–H groups in total. The maximum absolute atomic E-state index is 12.1. The zero-order valence-corrected chi connectivity index (χ0v) is 13.7. The molecule has 0 bridgehead atoms. The van der Waals surface area contributed by atoms with Gasteiger partial charge in [0.2, 0.25) is 5.91 Å². The van der Waals surface area contributed by atoms with Gasteiger partial charge in [-0.05, 0) is 25.0 Å². The van der Waals surface area contributed by atoms with E-state index in [9.17, 15) is 19.5 Å². The minimum atomic E-state index is -0.983. The van der Waals surface area contributed by atoms with Crippen LogP contribution in [0.15, 0.2) is 24.3 Å². The van der Waals surface area contributed by atoms with Gasteiger partial charge in [-0.25, -0.2) is 0 Å². The second-order valence-corrected chi connectivity index (χ2v) is 6.00. The maximum atomic E-state index is 12.1. The van der Waals surface area contributed by atoms with Gasteiger partial charge >= 0.3 is 5.97 Å². The van der Waals surface area contributed by atoms with Crippen LogP contribution in [0.4, 0.5) is 0 Å². The lowest BCUT2D eigenvalue weighted by molar-refractivity contribution is -0.149. The minimum Gasteiger partial charge on any atom is -0.482 e. The number of aliphatic carboxylic acids is 1. The second kappa shape index (κ2) is 8.54. The number of carboxylic acid groups (broad SMARTS) is 1. The number of amides is 2. The third kappa shape index (κ3) is 4.86. The van der Waals surface area contributed by atoms with Gasteiger partial charge in [0, 0.05) is 0 Å². The Kier molecular flexibility index (Phi) is 6.43. The van der Waals surface area contributed by atoms with Crippen molar-refractivity contribution >= 4 is 29.4 Å². The molecular formula is C16H19ClN2O5. The standard InChI is InChI=1S/C16H19ClN2O5/c17-12-7-3-4-8-13(12)24-9-14(20)18-19-15(21)10-5-1-2-6-11(10)16(22)23/h3-4,7-8,10-11H,1-2,5-6,9H2,(H,18,20)(H,19,21)(H,22,23). The summed E-state index contributed by atoms with van der Waals surface area (Å²) in [5.41, 5.74) is 4.50. The van der Waals surface area contributed by atoms with Gasteiger partial charge in [0.05, 0.1) is 16.9 Å². The van der Waals surface area contributed by atoms with Crippen molar-refractivity contribution in [1.29, 1.82) is 0 Å². The van der Waals surface area contributed by atoms with E-state index in [0.29, 0.717) is 23.6 Å². The number of para-hydroxylation sites is 1. The Morgan fingerprint density at radius 3 is 2.46 bits per heavy atom. The molecule has 7 nitrogen and oxygen atoms in total. The summed E-state index contributed by atoms with van der Waals surface area (Å²) in [6.07, 6.45) is 2.55. The van der Waals surface area contributed by atoms with E-state index in [4.69, 9.17) is 16.3 Å². The van der Waals surface area contributed by atoms with E-state index >= 15 is 0 Å². The molecule has 0 aromatic heterocycles. The lowest BCUT2D eigenvalue weighted by atomic mass is 9.79. The van der Waals surface area contributed by atoms with E-state index in [1.54, 1.807) is 24.3 Å². The maximum Gasteiger partial charge on any atom is 0.307 e. The summed E-state index contributed by atoms with van der Waals surface area (Å²) in [5, 5.41) is 9.55. The smallest absolute Gasteiger partial charge is 0.307 e. The molecule has 1 fully saturated rings. The van der Waals surface area contributed by atoms with Crippen LogP contribution in [-0.4, -0.2) is 29.5 Å². The fourth-order valence-electron chi connectivity index (χ4n) is 2.71. The Labute approximate surface area is 144 Å². The predicted octanol–water partition coefficient (Wildman–Crippen LogP) is 1.76. The summed E-state index contributed by atoms with van der Waals surface area (Å²) >= 11 is 5.90. The molecule has 0 spiro atoms. The van der Waals surface area contributed by atoms with Crippen molar-refractivity contribution in [1.82, 2.24) is 10.9 Å². The van der Waals surface area contributed by atoms with Crippen molar-refractivity contribution in [3.05, 3.63) is 29.3 Å². The molecule has 0 heterocycles. The van der Waals surface area contributed by atoms with E-state index in [-0.39, 0.29) is 6.61 Å². The molecular weight excluding hydrogens is 336 g/mol. The normalized spacial score (nSPS) is 20.0. The third-order valence-electron chi connectivity index (χ3n) is 3.94. The summed E-state index contributed by atoms with van der Waals surface area (Å²) in [5.74, 6) is -3.03. The molecule has 0 saturated heterocycles. The van der Waals surface area contributed by atoms with Gasteiger partial charge in [-0.2, -0.15) is 0 Å². The molecule has 1 aromatic rings. The number of nitrogens with one attached hydrogen (secondary N) is 2. The lowest BCUT2D eigenvalue weighted by Gasteiger charge is -2.27. The second-order valence-electron chi connectivity index (χ2n) is 5.59. The third-order valence-corrected chi connectivity index (χ3v) is 4.25. The van der Waals surface area contributed by atoms with Crippen molar-refractivity contribution in [2.75, 3.05) is 6.61 Å². The Bertz CT molecular complexity index is 622. The number of hydrogen-bond donors (Lipinski definition) is 3. The summed E-state index contributed by atoms with van der Waals surface area (Å²) in [6.45, 7) is -0.322. The largest absolute Gasteiger partial charge is 0.482 e. The van der Waals surface area contributed by atoms with E-state index in [2.05, 4.69) is 10.9 Å². The molecule has 1 saturated carbocycles. The van der Waals surface area contributed by atoms with Gasteiger partial charge in [-0.1, -0.05) is 36.6 Å². The molecule has 1 aliphatic rings.